The van der Waals surface area contributed by atoms with Crippen molar-refractivity contribution in [3.05, 3.63) is 42.2 Å². The van der Waals surface area contributed by atoms with Gasteiger partial charge in [0.05, 0.1) is 5.69 Å². The summed E-state index contributed by atoms with van der Waals surface area (Å²) in [5.74, 6) is -0.652. The fraction of sp³-hybridized carbons (Fsp3) is 0.154. The Morgan fingerprint density at radius 2 is 1.55 bits per heavy atom. The van der Waals surface area contributed by atoms with E-state index in [9.17, 15) is 26.3 Å². The monoisotopic (exact) mass is 322 g/mol. The molecule has 3 nitrogen and oxygen atoms in total. The standard InChI is InChI=1S/C13H8F6N2O/c14-12(15,16)11-10(20)8(5-6-21-11)7-3-1-2-4-9(7)22-13(17,18)19/h1-6H,20H2. The van der Waals surface area contributed by atoms with Crippen LogP contribution in [0.5, 0.6) is 5.75 Å². The van der Waals surface area contributed by atoms with Crippen molar-refractivity contribution >= 4 is 5.69 Å². The summed E-state index contributed by atoms with van der Waals surface area (Å²) in [5, 5.41) is 0. The Morgan fingerprint density at radius 1 is 0.909 bits per heavy atom. The van der Waals surface area contributed by atoms with Crippen molar-refractivity contribution in [2.45, 2.75) is 12.5 Å². The van der Waals surface area contributed by atoms with Crippen molar-refractivity contribution in [3.8, 4) is 16.9 Å². The molecule has 0 saturated carbocycles. The van der Waals surface area contributed by atoms with Gasteiger partial charge in [0.1, 0.15) is 5.75 Å². The lowest BCUT2D eigenvalue weighted by atomic mass is 10.0. The molecule has 0 radical (unpaired) electrons. The van der Waals surface area contributed by atoms with E-state index >= 15 is 0 Å². The zero-order valence-electron chi connectivity index (χ0n) is 10.7. The van der Waals surface area contributed by atoms with Gasteiger partial charge in [0, 0.05) is 17.3 Å². The number of nitrogens with two attached hydrogens (primary N) is 1. The number of benzene rings is 1. The molecule has 1 aromatic carbocycles. The van der Waals surface area contributed by atoms with Crippen molar-refractivity contribution in [1.82, 2.24) is 4.98 Å². The average molecular weight is 322 g/mol. The summed E-state index contributed by atoms with van der Waals surface area (Å²) >= 11 is 0. The molecule has 0 unspecified atom stereocenters. The van der Waals surface area contributed by atoms with Crippen molar-refractivity contribution in [3.63, 3.8) is 0 Å². The molecule has 9 heteroatoms. The van der Waals surface area contributed by atoms with Gasteiger partial charge in [-0.15, -0.1) is 13.2 Å². The minimum absolute atomic E-state index is 0.217. The van der Waals surface area contributed by atoms with Crippen molar-refractivity contribution in [2.75, 3.05) is 5.73 Å². The molecule has 2 aromatic rings. The number of nitrogen functional groups attached to an aromatic ring is 1. The highest BCUT2D eigenvalue weighted by Gasteiger charge is 2.37. The fourth-order valence-electron chi connectivity index (χ4n) is 1.84. The summed E-state index contributed by atoms with van der Waals surface area (Å²) in [7, 11) is 0. The number of hydrogen-bond acceptors (Lipinski definition) is 3. The molecule has 118 valence electrons. The Labute approximate surface area is 120 Å². The van der Waals surface area contributed by atoms with Gasteiger partial charge < -0.3 is 10.5 Å². The van der Waals surface area contributed by atoms with E-state index in [0.29, 0.717) is 0 Å². The molecule has 0 spiro atoms. The number of hydrogen-bond donors (Lipinski definition) is 1. The Bertz CT molecular complexity index is 681. The van der Waals surface area contributed by atoms with Crippen LogP contribution in [0.4, 0.5) is 32.0 Å². The maximum atomic E-state index is 12.8. The first-order chi connectivity index (χ1) is 10.1. The van der Waals surface area contributed by atoms with Crippen LogP contribution in [0.15, 0.2) is 36.5 Å². The number of aromatic nitrogens is 1. The first kappa shape index (κ1) is 15.9. The third-order valence-electron chi connectivity index (χ3n) is 2.66. The molecule has 2 rings (SSSR count). The number of ether oxygens (including phenoxy) is 1. The summed E-state index contributed by atoms with van der Waals surface area (Å²) < 4.78 is 79.2. The number of alkyl halides is 6. The second kappa shape index (κ2) is 5.39. The van der Waals surface area contributed by atoms with Crippen LogP contribution in [0.25, 0.3) is 11.1 Å². The maximum Gasteiger partial charge on any atom is 0.573 e. The van der Waals surface area contributed by atoms with Crippen LogP contribution in [-0.4, -0.2) is 11.3 Å². The second-order valence-corrected chi connectivity index (χ2v) is 4.16. The number of pyridine rings is 1. The van der Waals surface area contributed by atoms with E-state index in [2.05, 4.69) is 9.72 Å². The predicted octanol–water partition coefficient (Wildman–Crippen LogP) is 4.25. The smallest absolute Gasteiger partial charge is 0.405 e. The summed E-state index contributed by atoms with van der Waals surface area (Å²) in [6.45, 7) is 0. The number of halogens is 6. The first-order valence-electron chi connectivity index (χ1n) is 5.76. The number of rotatable bonds is 2. The molecular weight excluding hydrogens is 314 g/mol. The molecule has 0 aliphatic carbocycles. The molecule has 1 aromatic heterocycles. The number of para-hydroxylation sites is 1. The van der Waals surface area contributed by atoms with Gasteiger partial charge in [-0.3, -0.25) is 0 Å². The third kappa shape index (κ3) is 3.41. The van der Waals surface area contributed by atoms with E-state index in [-0.39, 0.29) is 11.1 Å². The van der Waals surface area contributed by atoms with Gasteiger partial charge in [0.15, 0.2) is 5.69 Å². The highest BCUT2D eigenvalue weighted by Crippen LogP contribution is 2.40. The van der Waals surface area contributed by atoms with Crippen LogP contribution in [-0.2, 0) is 6.18 Å². The number of nitrogens with zero attached hydrogens (tertiary/aromatic N) is 1. The van der Waals surface area contributed by atoms with E-state index in [1.807, 2.05) is 0 Å². The van der Waals surface area contributed by atoms with E-state index in [0.717, 1.165) is 18.3 Å². The Hall–Kier alpha value is -2.45. The highest BCUT2D eigenvalue weighted by molar-refractivity contribution is 5.81. The topological polar surface area (TPSA) is 48.1 Å². The largest absolute Gasteiger partial charge is 0.573 e. The Morgan fingerprint density at radius 3 is 2.14 bits per heavy atom. The lowest BCUT2D eigenvalue weighted by molar-refractivity contribution is -0.274. The molecule has 0 atom stereocenters. The molecule has 0 amide bonds. The average Bonchev–Trinajstić information content (AvgIpc) is 2.37. The molecular formula is C13H8F6N2O. The van der Waals surface area contributed by atoms with E-state index in [1.54, 1.807) is 0 Å². The minimum atomic E-state index is -4.98. The van der Waals surface area contributed by atoms with Crippen molar-refractivity contribution in [1.29, 1.82) is 0 Å². The van der Waals surface area contributed by atoms with Crippen LogP contribution in [0, 0.1) is 0 Å². The molecule has 1 heterocycles. The summed E-state index contributed by atoms with van der Waals surface area (Å²) in [5.41, 5.74) is 2.81. The van der Waals surface area contributed by atoms with Crippen LogP contribution < -0.4 is 10.5 Å². The lowest BCUT2D eigenvalue weighted by Gasteiger charge is -2.16. The quantitative estimate of drug-likeness (QED) is 0.841. The van der Waals surface area contributed by atoms with Gasteiger partial charge in [-0.2, -0.15) is 13.2 Å². The minimum Gasteiger partial charge on any atom is -0.405 e. The molecule has 0 saturated heterocycles. The summed E-state index contributed by atoms with van der Waals surface area (Å²) in [6.07, 6.45) is -8.98. The van der Waals surface area contributed by atoms with Crippen LogP contribution in [0.2, 0.25) is 0 Å². The van der Waals surface area contributed by atoms with Gasteiger partial charge in [-0.05, 0) is 12.1 Å². The van der Waals surface area contributed by atoms with Crippen LogP contribution in [0.3, 0.4) is 0 Å². The van der Waals surface area contributed by atoms with Crippen LogP contribution in [0.1, 0.15) is 5.69 Å². The summed E-state index contributed by atoms with van der Waals surface area (Å²) in [4.78, 5) is 3.13. The lowest BCUT2D eigenvalue weighted by Crippen LogP contribution is -2.18. The maximum absolute atomic E-state index is 12.8. The molecule has 2 N–H and O–H groups in total. The van der Waals surface area contributed by atoms with E-state index < -0.39 is 29.7 Å². The SMILES string of the molecule is Nc1c(-c2ccccc2OC(F)(F)F)ccnc1C(F)(F)F. The molecule has 0 bridgehead atoms. The first-order valence-corrected chi connectivity index (χ1v) is 5.76. The van der Waals surface area contributed by atoms with Gasteiger partial charge in [-0.25, -0.2) is 4.98 Å². The van der Waals surface area contributed by atoms with Gasteiger partial charge in [0.2, 0.25) is 0 Å². The second-order valence-electron chi connectivity index (χ2n) is 4.16. The highest BCUT2D eigenvalue weighted by atomic mass is 19.4. The van der Waals surface area contributed by atoms with Gasteiger partial charge in [-0.1, -0.05) is 18.2 Å². The predicted molar refractivity (Wildman–Crippen MR) is 65.8 cm³/mol. The Balaban J connectivity index is 2.59. The van der Waals surface area contributed by atoms with E-state index in [4.69, 9.17) is 5.73 Å². The molecule has 0 aliphatic heterocycles. The normalized spacial score (nSPS) is 12.3. The zero-order valence-corrected chi connectivity index (χ0v) is 10.7. The molecule has 0 aliphatic rings. The third-order valence-corrected chi connectivity index (χ3v) is 2.66. The van der Waals surface area contributed by atoms with E-state index in [1.165, 1.54) is 18.2 Å². The van der Waals surface area contributed by atoms with Crippen molar-refractivity contribution in [2.24, 2.45) is 0 Å². The van der Waals surface area contributed by atoms with Gasteiger partial charge in [0.25, 0.3) is 0 Å². The van der Waals surface area contributed by atoms with Crippen LogP contribution >= 0.6 is 0 Å². The molecule has 0 fully saturated rings. The van der Waals surface area contributed by atoms with Crippen molar-refractivity contribution < 1.29 is 31.1 Å². The molecule has 22 heavy (non-hydrogen) atoms. The fourth-order valence-corrected chi connectivity index (χ4v) is 1.84. The van der Waals surface area contributed by atoms with Gasteiger partial charge >= 0.3 is 12.5 Å². The number of anilines is 1. The Kier molecular flexibility index (Phi) is 3.90. The zero-order chi connectivity index (χ0) is 16.5. The summed E-state index contributed by atoms with van der Waals surface area (Å²) in [6, 6.07) is 5.85.